The Hall–Kier alpha value is -4.17. The van der Waals surface area contributed by atoms with Crippen LogP contribution in [0.2, 0.25) is 5.02 Å². The number of hydrogen-bond donors (Lipinski definition) is 1. The third kappa shape index (κ3) is 6.54. The van der Waals surface area contributed by atoms with Gasteiger partial charge in [-0.2, -0.15) is 0 Å². The van der Waals surface area contributed by atoms with Gasteiger partial charge >= 0.3 is 0 Å². The van der Waals surface area contributed by atoms with Crippen LogP contribution in [-0.4, -0.2) is 41.3 Å². The number of ether oxygens (including phenoxy) is 5. The van der Waals surface area contributed by atoms with E-state index in [1.807, 2.05) is 24.3 Å². The Kier molecular flexibility index (Phi) is 9.40. The fraction of sp³-hybridized carbons (Fsp3) is 0.179. The highest BCUT2D eigenvalue weighted by Crippen LogP contribution is 2.39. The highest BCUT2D eigenvalue weighted by molar-refractivity contribution is 6.32. The summed E-state index contributed by atoms with van der Waals surface area (Å²) in [6, 6.07) is 11.2. The Morgan fingerprint density at radius 2 is 1.38 bits per heavy atom. The number of nitrogens with one attached hydrogen (secondary N) is 1. The summed E-state index contributed by atoms with van der Waals surface area (Å²) >= 11 is 6.43. The molecule has 0 atom stereocenters. The lowest BCUT2D eigenvalue weighted by Crippen LogP contribution is -1.99. The third-order valence-corrected chi connectivity index (χ3v) is 5.62. The van der Waals surface area contributed by atoms with Crippen LogP contribution in [0.4, 0.5) is 10.1 Å². The zero-order valence-corrected chi connectivity index (χ0v) is 21.8. The third-order valence-electron chi connectivity index (χ3n) is 5.34. The molecule has 0 saturated carbocycles. The summed E-state index contributed by atoms with van der Waals surface area (Å²) in [6.45, 7) is 0. The molecule has 0 aliphatic rings. The van der Waals surface area contributed by atoms with Crippen molar-refractivity contribution in [3.8, 4) is 28.7 Å². The largest absolute Gasteiger partial charge is 0.494 e. The van der Waals surface area contributed by atoms with E-state index in [9.17, 15) is 9.18 Å². The van der Waals surface area contributed by atoms with Gasteiger partial charge in [-0.1, -0.05) is 23.8 Å². The molecule has 0 aliphatic heterocycles. The molecule has 0 aromatic heterocycles. The first-order valence-corrected chi connectivity index (χ1v) is 11.4. The monoisotopic (exact) mass is 527 g/mol. The molecule has 3 aromatic rings. The second-order valence-corrected chi connectivity index (χ2v) is 7.97. The molecule has 0 bridgehead atoms. The highest BCUT2D eigenvalue weighted by Gasteiger charge is 2.13. The Balaban J connectivity index is 1.84. The maximum atomic E-state index is 13.9. The van der Waals surface area contributed by atoms with Crippen LogP contribution in [0, 0.1) is 5.82 Å². The van der Waals surface area contributed by atoms with Crippen molar-refractivity contribution < 1.29 is 32.9 Å². The number of allylic oxidation sites excluding steroid dienone is 1. The van der Waals surface area contributed by atoms with Crippen molar-refractivity contribution in [3.05, 3.63) is 82.3 Å². The quantitative estimate of drug-likeness (QED) is 0.173. The van der Waals surface area contributed by atoms with Crippen LogP contribution in [0.25, 0.3) is 12.2 Å². The average molecular weight is 528 g/mol. The first-order chi connectivity index (χ1) is 17.8. The fourth-order valence-corrected chi connectivity index (χ4v) is 3.84. The fourth-order valence-electron chi connectivity index (χ4n) is 3.54. The molecule has 0 fully saturated rings. The van der Waals surface area contributed by atoms with Crippen LogP contribution in [0.3, 0.4) is 0 Å². The molecule has 0 unspecified atom stereocenters. The second kappa shape index (κ2) is 12.7. The van der Waals surface area contributed by atoms with Crippen LogP contribution in [-0.2, 0) is 0 Å². The summed E-state index contributed by atoms with van der Waals surface area (Å²) in [6.07, 6.45) is 6.44. The highest BCUT2D eigenvalue weighted by atomic mass is 35.5. The predicted octanol–water partition coefficient (Wildman–Crippen LogP) is 6.50. The van der Waals surface area contributed by atoms with E-state index in [1.165, 1.54) is 38.6 Å². The van der Waals surface area contributed by atoms with Gasteiger partial charge in [-0.15, -0.1) is 0 Å². The number of ketones is 1. The number of rotatable bonds is 11. The number of halogens is 2. The average Bonchev–Trinajstić information content (AvgIpc) is 2.90. The first kappa shape index (κ1) is 27.4. The van der Waals surface area contributed by atoms with E-state index in [0.29, 0.717) is 33.7 Å². The SMILES string of the molecule is COc1ccc(C(=O)/C=C\Nc2cc(/C=C\c3cc(OC)c(OC)c(OC)c3)cc(Cl)c2OC)cc1F. The van der Waals surface area contributed by atoms with Gasteiger partial charge in [0.25, 0.3) is 0 Å². The molecule has 0 amide bonds. The molecule has 1 N–H and O–H groups in total. The summed E-state index contributed by atoms with van der Waals surface area (Å²) in [4.78, 5) is 12.5. The molecule has 0 radical (unpaired) electrons. The van der Waals surface area contributed by atoms with Crippen molar-refractivity contribution in [2.75, 3.05) is 40.9 Å². The van der Waals surface area contributed by atoms with Gasteiger partial charge in [0.1, 0.15) is 0 Å². The van der Waals surface area contributed by atoms with Crippen LogP contribution in [0.1, 0.15) is 21.5 Å². The number of carbonyl (C=O) groups is 1. The Labute approximate surface area is 220 Å². The zero-order valence-electron chi connectivity index (χ0n) is 21.1. The van der Waals surface area contributed by atoms with E-state index in [0.717, 1.165) is 17.2 Å². The van der Waals surface area contributed by atoms with Crippen molar-refractivity contribution in [1.29, 1.82) is 0 Å². The molecule has 194 valence electrons. The van der Waals surface area contributed by atoms with Crippen molar-refractivity contribution in [3.63, 3.8) is 0 Å². The number of hydrogen-bond acceptors (Lipinski definition) is 7. The first-order valence-electron chi connectivity index (χ1n) is 11.0. The van der Waals surface area contributed by atoms with Crippen molar-refractivity contribution in [2.24, 2.45) is 0 Å². The minimum atomic E-state index is -0.616. The molecule has 3 aromatic carbocycles. The van der Waals surface area contributed by atoms with E-state index in [2.05, 4.69) is 5.32 Å². The molecule has 0 heterocycles. The summed E-state index contributed by atoms with van der Waals surface area (Å²) in [7, 11) is 7.49. The minimum absolute atomic E-state index is 0.0643. The van der Waals surface area contributed by atoms with Gasteiger partial charge in [-0.05, 0) is 53.6 Å². The zero-order chi connectivity index (χ0) is 26.9. The second-order valence-electron chi connectivity index (χ2n) is 7.57. The van der Waals surface area contributed by atoms with Crippen LogP contribution < -0.4 is 29.0 Å². The predicted molar refractivity (Wildman–Crippen MR) is 143 cm³/mol. The van der Waals surface area contributed by atoms with E-state index in [1.54, 1.807) is 33.5 Å². The van der Waals surface area contributed by atoms with Gasteiger partial charge in [0.2, 0.25) is 5.75 Å². The lowest BCUT2D eigenvalue weighted by atomic mass is 10.1. The normalized spacial score (nSPS) is 11.0. The van der Waals surface area contributed by atoms with Gasteiger partial charge in [0.15, 0.2) is 34.6 Å². The smallest absolute Gasteiger partial charge is 0.203 e. The lowest BCUT2D eigenvalue weighted by Gasteiger charge is -2.13. The standard InChI is InChI=1S/C28H27ClFNO6/c1-33-24-9-8-19(16-21(24)30)23(32)10-11-31-22-13-17(12-20(29)27(22)36-4)6-7-18-14-25(34-2)28(37-5)26(15-18)35-3/h6-16,31H,1-5H3/b7-6-,11-10-. The minimum Gasteiger partial charge on any atom is -0.494 e. The summed E-state index contributed by atoms with van der Waals surface area (Å²) in [5.41, 5.74) is 2.29. The van der Waals surface area contributed by atoms with Crippen LogP contribution >= 0.6 is 11.6 Å². The maximum Gasteiger partial charge on any atom is 0.203 e. The van der Waals surface area contributed by atoms with E-state index >= 15 is 0 Å². The Morgan fingerprint density at radius 1 is 0.784 bits per heavy atom. The van der Waals surface area contributed by atoms with E-state index in [-0.39, 0.29) is 11.3 Å². The number of carbonyl (C=O) groups excluding carboxylic acids is 1. The van der Waals surface area contributed by atoms with Gasteiger partial charge in [-0.3, -0.25) is 4.79 Å². The van der Waals surface area contributed by atoms with Gasteiger partial charge in [0, 0.05) is 17.8 Å². The molecule has 0 aliphatic carbocycles. The number of methoxy groups -OCH3 is 5. The molecular formula is C28H27ClFNO6. The number of benzene rings is 3. The van der Waals surface area contributed by atoms with E-state index in [4.69, 9.17) is 35.3 Å². The topological polar surface area (TPSA) is 75.3 Å². The van der Waals surface area contributed by atoms with Gasteiger partial charge < -0.3 is 29.0 Å². The van der Waals surface area contributed by atoms with E-state index < -0.39 is 11.6 Å². The lowest BCUT2D eigenvalue weighted by molar-refractivity contribution is 0.104. The van der Waals surface area contributed by atoms with Crippen molar-refractivity contribution in [2.45, 2.75) is 0 Å². The van der Waals surface area contributed by atoms with Crippen molar-refractivity contribution >= 4 is 35.2 Å². The van der Waals surface area contributed by atoms with Gasteiger partial charge in [-0.25, -0.2) is 4.39 Å². The molecule has 7 nitrogen and oxygen atoms in total. The molecular weight excluding hydrogens is 501 g/mol. The summed E-state index contributed by atoms with van der Waals surface area (Å²) < 4.78 is 40.4. The van der Waals surface area contributed by atoms with Crippen LogP contribution in [0.15, 0.2) is 54.7 Å². The Morgan fingerprint density at radius 3 is 1.92 bits per heavy atom. The molecule has 0 spiro atoms. The summed E-state index contributed by atoms with van der Waals surface area (Å²) in [5, 5.41) is 3.38. The van der Waals surface area contributed by atoms with Crippen LogP contribution in [0.5, 0.6) is 28.7 Å². The molecule has 3 rings (SSSR count). The Bertz CT molecular complexity index is 1310. The summed E-state index contributed by atoms with van der Waals surface area (Å²) in [5.74, 6) is 1.02. The molecule has 9 heteroatoms. The van der Waals surface area contributed by atoms with Crippen molar-refractivity contribution in [1.82, 2.24) is 0 Å². The molecule has 0 saturated heterocycles. The molecule has 37 heavy (non-hydrogen) atoms. The number of anilines is 1. The van der Waals surface area contributed by atoms with Gasteiger partial charge in [0.05, 0.1) is 46.3 Å². The maximum absolute atomic E-state index is 13.9.